The van der Waals surface area contributed by atoms with E-state index in [9.17, 15) is 4.79 Å². The molecule has 3 N–H and O–H groups in total. The summed E-state index contributed by atoms with van der Waals surface area (Å²) in [6, 6.07) is 15.3. The smallest absolute Gasteiger partial charge is 0.254 e. The minimum absolute atomic E-state index is 0.0285. The Morgan fingerprint density at radius 1 is 1.22 bits per heavy atom. The summed E-state index contributed by atoms with van der Waals surface area (Å²) >= 11 is 6.27. The second-order valence-electron chi connectivity index (χ2n) is 5.59. The van der Waals surface area contributed by atoms with Crippen molar-refractivity contribution in [2.75, 3.05) is 13.2 Å². The molecular formula is C18H19ClN2O2. The van der Waals surface area contributed by atoms with Gasteiger partial charge in [-0.15, -0.1) is 0 Å². The Hall–Kier alpha value is -1.88. The fourth-order valence-corrected chi connectivity index (χ4v) is 2.99. The van der Waals surface area contributed by atoms with Crippen molar-refractivity contribution < 1.29 is 9.53 Å². The number of carbonyl (C=O) groups is 1. The predicted octanol–water partition coefficient (Wildman–Crippen LogP) is 2.91. The molecule has 2 aromatic carbocycles. The van der Waals surface area contributed by atoms with E-state index in [0.717, 1.165) is 23.1 Å². The largest absolute Gasteiger partial charge is 0.364 e. The van der Waals surface area contributed by atoms with Gasteiger partial charge < -0.3 is 15.8 Å². The lowest BCUT2D eigenvalue weighted by atomic mass is 10.00. The molecule has 120 valence electrons. The lowest BCUT2D eigenvalue weighted by Crippen LogP contribution is -2.40. The van der Waals surface area contributed by atoms with Gasteiger partial charge in [0, 0.05) is 23.2 Å². The molecule has 0 bridgehead atoms. The summed E-state index contributed by atoms with van der Waals surface area (Å²) in [5, 5.41) is 3.61. The van der Waals surface area contributed by atoms with Crippen LogP contribution in [0.3, 0.4) is 0 Å². The second kappa shape index (κ2) is 7.13. The Labute approximate surface area is 140 Å². The van der Waals surface area contributed by atoms with Crippen LogP contribution >= 0.6 is 11.6 Å². The van der Waals surface area contributed by atoms with Crippen molar-refractivity contribution in [1.29, 1.82) is 0 Å². The summed E-state index contributed by atoms with van der Waals surface area (Å²) in [4.78, 5) is 12.4. The Morgan fingerprint density at radius 2 is 2.04 bits per heavy atom. The van der Waals surface area contributed by atoms with Crippen molar-refractivity contribution in [1.82, 2.24) is 5.32 Å². The Bertz CT molecular complexity index is 705. The maximum atomic E-state index is 12.4. The molecule has 1 amide bonds. The number of halogens is 1. The van der Waals surface area contributed by atoms with Crippen LogP contribution in [-0.2, 0) is 9.53 Å². The molecule has 1 saturated heterocycles. The fraction of sp³-hybridized carbons (Fsp3) is 0.278. The summed E-state index contributed by atoms with van der Waals surface area (Å²) < 4.78 is 5.75. The molecule has 0 aromatic heterocycles. The molecule has 2 atom stereocenters. The van der Waals surface area contributed by atoms with E-state index in [1.54, 1.807) is 0 Å². The molecular weight excluding hydrogens is 312 g/mol. The number of carbonyl (C=O) groups excluding carboxylic acids is 1. The predicted molar refractivity (Wildman–Crippen MR) is 91.2 cm³/mol. The van der Waals surface area contributed by atoms with Crippen molar-refractivity contribution in [2.24, 2.45) is 5.73 Å². The molecule has 1 aliphatic heterocycles. The summed E-state index contributed by atoms with van der Waals surface area (Å²) in [6.07, 6.45) is 0.108. The number of ether oxygens (including phenoxy) is 1. The Kier molecular flexibility index (Phi) is 4.96. The van der Waals surface area contributed by atoms with Gasteiger partial charge in [-0.05, 0) is 29.7 Å². The summed E-state index contributed by atoms with van der Waals surface area (Å²) in [5.41, 5.74) is 8.37. The maximum absolute atomic E-state index is 12.4. The number of rotatable bonds is 3. The molecule has 0 saturated carbocycles. The van der Waals surface area contributed by atoms with Crippen LogP contribution in [0.2, 0.25) is 5.02 Å². The molecule has 2 unspecified atom stereocenters. The zero-order chi connectivity index (χ0) is 16.2. The van der Waals surface area contributed by atoms with Gasteiger partial charge in [0.05, 0.1) is 6.61 Å². The third kappa shape index (κ3) is 3.55. The van der Waals surface area contributed by atoms with Crippen molar-refractivity contribution in [3.63, 3.8) is 0 Å². The van der Waals surface area contributed by atoms with Gasteiger partial charge in [0.1, 0.15) is 0 Å². The van der Waals surface area contributed by atoms with Crippen LogP contribution in [0, 0.1) is 0 Å². The first kappa shape index (κ1) is 16.0. The van der Waals surface area contributed by atoms with Crippen molar-refractivity contribution in [2.45, 2.75) is 18.6 Å². The zero-order valence-electron chi connectivity index (χ0n) is 12.7. The van der Waals surface area contributed by atoms with Crippen molar-refractivity contribution in [3.8, 4) is 11.1 Å². The van der Waals surface area contributed by atoms with E-state index in [1.165, 1.54) is 0 Å². The topological polar surface area (TPSA) is 64.3 Å². The Morgan fingerprint density at radius 3 is 2.83 bits per heavy atom. The SMILES string of the molecule is NCC1CCOC(c2cccc(-c3ccccc3Cl)c2)C(=O)N1. The minimum Gasteiger partial charge on any atom is -0.364 e. The lowest BCUT2D eigenvalue weighted by molar-refractivity contribution is -0.131. The van der Waals surface area contributed by atoms with Gasteiger partial charge in [-0.2, -0.15) is 0 Å². The average molecular weight is 331 g/mol. The summed E-state index contributed by atoms with van der Waals surface area (Å²) in [7, 11) is 0. The Balaban J connectivity index is 1.90. The van der Waals surface area contributed by atoms with Gasteiger partial charge in [-0.1, -0.05) is 48.0 Å². The number of nitrogens with two attached hydrogens (primary N) is 1. The molecule has 3 rings (SSSR count). The van der Waals surface area contributed by atoms with Crippen LogP contribution in [0.1, 0.15) is 18.1 Å². The average Bonchev–Trinajstić information content (AvgIpc) is 2.76. The molecule has 0 aliphatic carbocycles. The highest BCUT2D eigenvalue weighted by molar-refractivity contribution is 6.33. The van der Waals surface area contributed by atoms with Gasteiger partial charge in [0.15, 0.2) is 6.10 Å². The van der Waals surface area contributed by atoms with E-state index in [2.05, 4.69) is 5.32 Å². The van der Waals surface area contributed by atoms with E-state index in [4.69, 9.17) is 22.1 Å². The number of benzene rings is 2. The van der Waals surface area contributed by atoms with Crippen molar-refractivity contribution in [3.05, 3.63) is 59.1 Å². The van der Waals surface area contributed by atoms with Gasteiger partial charge in [-0.3, -0.25) is 4.79 Å². The van der Waals surface area contributed by atoms with Gasteiger partial charge in [0.25, 0.3) is 5.91 Å². The number of hydrogen-bond acceptors (Lipinski definition) is 3. The van der Waals surface area contributed by atoms with E-state index in [-0.39, 0.29) is 11.9 Å². The minimum atomic E-state index is -0.617. The molecule has 0 spiro atoms. The first-order valence-corrected chi connectivity index (χ1v) is 8.03. The molecule has 1 aliphatic rings. The molecule has 2 aromatic rings. The number of amides is 1. The highest BCUT2D eigenvalue weighted by Crippen LogP contribution is 2.30. The quantitative estimate of drug-likeness (QED) is 0.909. The highest BCUT2D eigenvalue weighted by atomic mass is 35.5. The van der Waals surface area contributed by atoms with Crippen LogP contribution in [0.4, 0.5) is 0 Å². The lowest BCUT2D eigenvalue weighted by Gasteiger charge is -2.16. The van der Waals surface area contributed by atoms with Gasteiger partial charge in [0.2, 0.25) is 0 Å². The van der Waals surface area contributed by atoms with E-state index < -0.39 is 6.10 Å². The van der Waals surface area contributed by atoms with Crippen molar-refractivity contribution >= 4 is 17.5 Å². The summed E-state index contributed by atoms with van der Waals surface area (Å²) in [5.74, 6) is -0.144. The van der Waals surface area contributed by atoms with Crippen LogP contribution in [0.15, 0.2) is 48.5 Å². The molecule has 4 nitrogen and oxygen atoms in total. The summed E-state index contributed by atoms with van der Waals surface area (Å²) in [6.45, 7) is 0.920. The van der Waals surface area contributed by atoms with E-state index in [0.29, 0.717) is 18.2 Å². The molecule has 1 heterocycles. The normalized spacial score (nSPS) is 21.6. The third-order valence-corrected chi connectivity index (χ3v) is 4.32. The van der Waals surface area contributed by atoms with Crippen LogP contribution < -0.4 is 11.1 Å². The first-order chi connectivity index (χ1) is 11.2. The first-order valence-electron chi connectivity index (χ1n) is 7.66. The maximum Gasteiger partial charge on any atom is 0.254 e. The molecule has 23 heavy (non-hydrogen) atoms. The van der Waals surface area contributed by atoms with Gasteiger partial charge in [-0.25, -0.2) is 0 Å². The van der Waals surface area contributed by atoms with E-state index >= 15 is 0 Å². The fourth-order valence-electron chi connectivity index (χ4n) is 2.74. The third-order valence-electron chi connectivity index (χ3n) is 3.99. The van der Waals surface area contributed by atoms with E-state index in [1.807, 2.05) is 48.5 Å². The monoisotopic (exact) mass is 330 g/mol. The standard InChI is InChI=1S/C18H19ClN2O2/c19-16-7-2-1-6-15(16)12-4-3-5-13(10-12)17-18(22)21-14(11-20)8-9-23-17/h1-7,10,14,17H,8-9,11,20H2,(H,21,22). The zero-order valence-corrected chi connectivity index (χ0v) is 13.4. The molecule has 0 radical (unpaired) electrons. The van der Waals surface area contributed by atoms with Crippen LogP contribution in [0.25, 0.3) is 11.1 Å². The number of nitrogens with one attached hydrogen (secondary N) is 1. The molecule has 5 heteroatoms. The van der Waals surface area contributed by atoms with Gasteiger partial charge >= 0.3 is 0 Å². The molecule has 1 fully saturated rings. The van der Waals surface area contributed by atoms with Crippen LogP contribution in [0.5, 0.6) is 0 Å². The van der Waals surface area contributed by atoms with Crippen LogP contribution in [-0.4, -0.2) is 25.1 Å². The second-order valence-corrected chi connectivity index (χ2v) is 5.99. The highest BCUT2D eigenvalue weighted by Gasteiger charge is 2.27. The number of hydrogen-bond donors (Lipinski definition) is 2.